The molecule has 0 aliphatic carbocycles. The maximum atomic E-state index is 13.5. The van der Waals surface area contributed by atoms with E-state index in [1.165, 1.54) is 12.1 Å². The molecule has 36 heavy (non-hydrogen) atoms. The van der Waals surface area contributed by atoms with E-state index in [1.54, 1.807) is 46.0 Å². The van der Waals surface area contributed by atoms with E-state index in [0.29, 0.717) is 45.1 Å². The molecule has 1 aliphatic heterocycles. The number of fused-ring (bicyclic) bond motifs is 1. The highest BCUT2D eigenvalue weighted by Crippen LogP contribution is 2.45. The van der Waals surface area contributed by atoms with Gasteiger partial charge in [0.25, 0.3) is 6.43 Å². The van der Waals surface area contributed by atoms with Crippen molar-refractivity contribution < 1.29 is 28.2 Å². The van der Waals surface area contributed by atoms with Crippen LogP contribution in [-0.2, 0) is 16.0 Å². The van der Waals surface area contributed by atoms with Gasteiger partial charge in [0.2, 0.25) is 0 Å². The third-order valence-corrected chi connectivity index (χ3v) is 6.46. The Labute approximate surface area is 207 Å². The molecular weight excluding hydrogens is 464 g/mol. The Morgan fingerprint density at radius 3 is 2.61 bits per heavy atom. The van der Waals surface area contributed by atoms with Crippen LogP contribution in [0.2, 0.25) is 0 Å². The van der Waals surface area contributed by atoms with Crippen LogP contribution in [0.15, 0.2) is 48.7 Å². The molecule has 0 bridgehead atoms. The van der Waals surface area contributed by atoms with Gasteiger partial charge in [0, 0.05) is 34.7 Å². The summed E-state index contributed by atoms with van der Waals surface area (Å²) in [6.07, 6.45) is -1.42. The Bertz CT molecular complexity index is 1500. The number of carboxylic acid groups (broad SMARTS) is 1. The van der Waals surface area contributed by atoms with Crippen molar-refractivity contribution in [2.45, 2.75) is 52.2 Å². The monoisotopic (exact) mass is 491 g/mol. The molecule has 3 aromatic carbocycles. The Morgan fingerprint density at radius 1 is 1.14 bits per heavy atom. The van der Waals surface area contributed by atoms with Gasteiger partial charge in [0.05, 0.1) is 17.7 Å². The first-order valence-corrected chi connectivity index (χ1v) is 11.8. The molecule has 1 aromatic heterocycles. The summed E-state index contributed by atoms with van der Waals surface area (Å²) in [6, 6.07) is 11.9. The van der Waals surface area contributed by atoms with E-state index in [1.807, 2.05) is 18.2 Å². The van der Waals surface area contributed by atoms with E-state index in [0.717, 1.165) is 23.1 Å². The van der Waals surface area contributed by atoms with Crippen molar-refractivity contribution in [1.29, 1.82) is 0 Å². The second kappa shape index (κ2) is 8.82. The fourth-order valence-electron chi connectivity index (χ4n) is 5.04. The van der Waals surface area contributed by atoms with Gasteiger partial charge in [-0.15, -0.1) is 0 Å². The van der Waals surface area contributed by atoms with Gasteiger partial charge in [-0.05, 0) is 79.4 Å². The Kier molecular flexibility index (Phi) is 5.91. The average Bonchev–Trinajstić information content (AvgIpc) is 2.81. The van der Waals surface area contributed by atoms with E-state index in [9.17, 15) is 18.7 Å². The van der Waals surface area contributed by atoms with E-state index >= 15 is 0 Å². The first-order chi connectivity index (χ1) is 17.0. The summed E-state index contributed by atoms with van der Waals surface area (Å²) in [5, 5.41) is 12.4. The quantitative estimate of drug-likeness (QED) is 0.320. The first-order valence-electron chi connectivity index (χ1n) is 11.8. The van der Waals surface area contributed by atoms with Gasteiger partial charge in [-0.2, -0.15) is 0 Å². The second-order valence-corrected chi connectivity index (χ2v) is 10.1. The predicted molar refractivity (Wildman–Crippen MR) is 135 cm³/mol. The van der Waals surface area contributed by atoms with E-state index in [4.69, 9.17) is 9.47 Å². The zero-order valence-electron chi connectivity index (χ0n) is 20.6. The van der Waals surface area contributed by atoms with Crippen molar-refractivity contribution in [2.24, 2.45) is 0 Å². The normalized spacial score (nSPS) is 14.3. The molecule has 1 aliphatic rings. The number of carbonyl (C=O) groups is 1. The van der Waals surface area contributed by atoms with E-state index in [2.05, 4.69) is 4.98 Å². The summed E-state index contributed by atoms with van der Waals surface area (Å²) in [5.74, 6) is -0.404. The van der Waals surface area contributed by atoms with Gasteiger partial charge >= 0.3 is 5.97 Å². The van der Waals surface area contributed by atoms with Crippen LogP contribution in [0.3, 0.4) is 0 Å². The van der Waals surface area contributed by atoms with E-state index in [-0.39, 0.29) is 5.56 Å². The highest BCUT2D eigenvalue weighted by molar-refractivity contribution is 6.09. The van der Waals surface area contributed by atoms with E-state index < -0.39 is 24.1 Å². The van der Waals surface area contributed by atoms with Gasteiger partial charge in [0.15, 0.2) is 6.10 Å². The molecule has 0 saturated heterocycles. The largest absolute Gasteiger partial charge is 0.493 e. The number of ether oxygens (including phenoxy) is 2. The molecule has 0 spiro atoms. The number of carboxylic acids is 1. The summed E-state index contributed by atoms with van der Waals surface area (Å²) in [4.78, 5) is 17.2. The summed E-state index contributed by atoms with van der Waals surface area (Å²) in [5.41, 5.74) is 3.38. The maximum Gasteiger partial charge on any atom is 0.337 e. The van der Waals surface area contributed by atoms with Crippen LogP contribution >= 0.6 is 0 Å². The Morgan fingerprint density at radius 2 is 1.92 bits per heavy atom. The summed E-state index contributed by atoms with van der Waals surface area (Å²) < 4.78 is 39.0. The molecule has 5 rings (SSSR count). The predicted octanol–water partition coefficient (Wildman–Crippen LogP) is 7.18. The minimum Gasteiger partial charge on any atom is -0.493 e. The number of rotatable bonds is 5. The number of aliphatic carboxylic acids is 1. The molecule has 1 atom stereocenters. The second-order valence-electron chi connectivity index (χ2n) is 10.1. The number of alkyl halides is 2. The first kappa shape index (κ1) is 24.1. The van der Waals surface area contributed by atoms with Crippen molar-refractivity contribution in [2.75, 3.05) is 6.61 Å². The van der Waals surface area contributed by atoms with Crippen LogP contribution in [0.5, 0.6) is 5.75 Å². The number of halogens is 2. The molecule has 1 N–H and O–H groups in total. The lowest BCUT2D eigenvalue weighted by atomic mass is 9.85. The Balaban J connectivity index is 1.91. The lowest BCUT2D eigenvalue weighted by Crippen LogP contribution is -2.28. The van der Waals surface area contributed by atoms with Gasteiger partial charge in [-0.25, -0.2) is 13.6 Å². The van der Waals surface area contributed by atoms with Crippen molar-refractivity contribution in [3.8, 4) is 16.9 Å². The number of pyridine rings is 1. The fourth-order valence-corrected chi connectivity index (χ4v) is 5.04. The number of nitrogens with zero attached hydrogens (tertiary/aromatic N) is 1. The molecule has 7 heteroatoms. The van der Waals surface area contributed by atoms with Crippen LogP contribution in [0.25, 0.3) is 32.8 Å². The zero-order valence-corrected chi connectivity index (χ0v) is 20.6. The molecule has 186 valence electrons. The highest BCUT2D eigenvalue weighted by Gasteiger charge is 2.32. The smallest absolute Gasteiger partial charge is 0.337 e. The molecular formula is C29H27F2NO4. The van der Waals surface area contributed by atoms with Gasteiger partial charge < -0.3 is 14.6 Å². The van der Waals surface area contributed by atoms with Crippen LogP contribution in [0.4, 0.5) is 8.78 Å². The molecule has 2 heterocycles. The number of hydrogen-bond acceptors (Lipinski definition) is 4. The molecule has 1 unspecified atom stereocenters. The average molecular weight is 492 g/mol. The lowest BCUT2D eigenvalue weighted by Gasteiger charge is -2.29. The number of benzene rings is 3. The number of hydrogen-bond donors (Lipinski definition) is 1. The topological polar surface area (TPSA) is 68.7 Å². The lowest BCUT2D eigenvalue weighted by molar-refractivity contribution is -0.160. The van der Waals surface area contributed by atoms with Crippen LogP contribution in [0.1, 0.15) is 55.6 Å². The van der Waals surface area contributed by atoms with Gasteiger partial charge in [-0.1, -0.05) is 18.2 Å². The fraction of sp³-hybridized carbons (Fsp3) is 0.310. The minimum atomic E-state index is -2.62. The van der Waals surface area contributed by atoms with Crippen molar-refractivity contribution >= 4 is 27.6 Å². The number of aromatic nitrogens is 1. The van der Waals surface area contributed by atoms with Gasteiger partial charge in [0.1, 0.15) is 5.75 Å². The van der Waals surface area contributed by atoms with Crippen LogP contribution < -0.4 is 4.74 Å². The standard InChI is InChI=1S/C29H27F2NO4/c1-15-13-18-14-17(27(30)31)5-6-19(18)24(22(15)26(28(33)34)36-29(2,3)4)20-7-8-21-23-16(10-12-35-21)9-11-32-25(20)23/h5-9,11,13-14,26-27H,10,12H2,1-4H3,(H,33,34). The van der Waals surface area contributed by atoms with Gasteiger partial charge in [-0.3, -0.25) is 4.98 Å². The van der Waals surface area contributed by atoms with Crippen LogP contribution in [-0.4, -0.2) is 28.3 Å². The van der Waals surface area contributed by atoms with Crippen molar-refractivity contribution in [3.05, 3.63) is 70.9 Å². The van der Waals surface area contributed by atoms with Crippen molar-refractivity contribution in [1.82, 2.24) is 4.98 Å². The third-order valence-electron chi connectivity index (χ3n) is 6.46. The minimum absolute atomic E-state index is 0.0928. The number of aryl methyl sites for hydroxylation is 1. The maximum absolute atomic E-state index is 13.5. The zero-order chi connectivity index (χ0) is 25.8. The SMILES string of the molecule is Cc1cc2cc(C(F)F)ccc2c(-c2ccc3c4c(ccnc24)CCO3)c1C(OC(C)(C)C)C(=O)O. The Hall–Kier alpha value is -3.58. The summed E-state index contributed by atoms with van der Waals surface area (Å²) in [6.45, 7) is 7.76. The highest BCUT2D eigenvalue weighted by atomic mass is 19.3. The summed E-state index contributed by atoms with van der Waals surface area (Å²) in [7, 11) is 0. The molecule has 0 amide bonds. The molecule has 0 radical (unpaired) electrons. The van der Waals surface area contributed by atoms with Crippen LogP contribution in [0, 0.1) is 6.92 Å². The molecule has 0 fully saturated rings. The third kappa shape index (κ3) is 4.17. The summed E-state index contributed by atoms with van der Waals surface area (Å²) >= 11 is 0. The van der Waals surface area contributed by atoms with Crippen molar-refractivity contribution in [3.63, 3.8) is 0 Å². The molecule has 5 nitrogen and oxygen atoms in total. The molecule has 4 aromatic rings. The molecule has 0 saturated carbocycles.